The maximum atomic E-state index is 11.1. The SMILES string of the molecule is CC(C)Oc1ccnc(NCC2CCC(=O)N2)n1. The van der Waals surface area contributed by atoms with E-state index >= 15 is 0 Å². The van der Waals surface area contributed by atoms with Crippen molar-refractivity contribution in [2.75, 3.05) is 11.9 Å². The summed E-state index contributed by atoms with van der Waals surface area (Å²) >= 11 is 0. The Labute approximate surface area is 106 Å². The van der Waals surface area contributed by atoms with Gasteiger partial charge in [0.15, 0.2) is 0 Å². The molecule has 0 saturated carbocycles. The fourth-order valence-corrected chi connectivity index (χ4v) is 1.78. The maximum absolute atomic E-state index is 11.1. The van der Waals surface area contributed by atoms with Gasteiger partial charge in [-0.3, -0.25) is 4.79 Å². The highest BCUT2D eigenvalue weighted by Crippen LogP contribution is 2.11. The molecule has 0 aliphatic carbocycles. The number of aromatic nitrogens is 2. The van der Waals surface area contributed by atoms with Gasteiger partial charge in [-0.2, -0.15) is 4.98 Å². The summed E-state index contributed by atoms with van der Waals surface area (Å²) < 4.78 is 5.48. The third-order valence-corrected chi connectivity index (χ3v) is 2.58. The van der Waals surface area contributed by atoms with Crippen LogP contribution in [0, 0.1) is 0 Å². The van der Waals surface area contributed by atoms with Crippen molar-refractivity contribution in [3.63, 3.8) is 0 Å². The zero-order valence-corrected chi connectivity index (χ0v) is 10.6. The second-order valence-electron chi connectivity index (χ2n) is 4.57. The van der Waals surface area contributed by atoms with Crippen molar-refractivity contribution < 1.29 is 9.53 Å². The molecule has 1 atom stereocenters. The second-order valence-corrected chi connectivity index (χ2v) is 4.57. The molecule has 1 amide bonds. The zero-order valence-electron chi connectivity index (χ0n) is 10.6. The van der Waals surface area contributed by atoms with Crippen LogP contribution in [0.5, 0.6) is 5.88 Å². The first kappa shape index (κ1) is 12.6. The Balaban J connectivity index is 1.87. The largest absolute Gasteiger partial charge is 0.475 e. The van der Waals surface area contributed by atoms with Gasteiger partial charge in [0.25, 0.3) is 0 Å². The first-order valence-corrected chi connectivity index (χ1v) is 6.16. The van der Waals surface area contributed by atoms with E-state index in [4.69, 9.17) is 4.74 Å². The molecule has 0 aromatic carbocycles. The fraction of sp³-hybridized carbons (Fsp3) is 0.583. The third kappa shape index (κ3) is 3.58. The molecule has 1 saturated heterocycles. The molecule has 18 heavy (non-hydrogen) atoms. The first-order chi connectivity index (χ1) is 8.63. The number of carbonyl (C=O) groups excluding carboxylic acids is 1. The number of carbonyl (C=O) groups is 1. The molecule has 0 spiro atoms. The summed E-state index contributed by atoms with van der Waals surface area (Å²) in [6.07, 6.45) is 3.19. The van der Waals surface area contributed by atoms with Crippen LogP contribution in [0.3, 0.4) is 0 Å². The maximum Gasteiger partial charge on any atom is 0.226 e. The van der Waals surface area contributed by atoms with Crippen LogP contribution >= 0.6 is 0 Å². The van der Waals surface area contributed by atoms with Crippen molar-refractivity contribution in [2.45, 2.75) is 38.8 Å². The molecule has 1 fully saturated rings. The number of nitrogens with one attached hydrogen (secondary N) is 2. The van der Waals surface area contributed by atoms with Crippen LogP contribution in [0.4, 0.5) is 5.95 Å². The standard InChI is InChI=1S/C12H18N4O2/c1-8(2)18-11-5-6-13-12(16-11)14-7-9-3-4-10(17)15-9/h5-6,8-9H,3-4,7H2,1-2H3,(H,15,17)(H,13,14,16). The lowest BCUT2D eigenvalue weighted by Gasteiger charge is -2.12. The van der Waals surface area contributed by atoms with Gasteiger partial charge in [-0.05, 0) is 20.3 Å². The van der Waals surface area contributed by atoms with Gasteiger partial charge in [0.05, 0.1) is 6.10 Å². The van der Waals surface area contributed by atoms with Crippen LogP contribution < -0.4 is 15.4 Å². The average Bonchev–Trinajstić information content (AvgIpc) is 2.72. The number of hydrogen-bond acceptors (Lipinski definition) is 5. The number of anilines is 1. The number of ether oxygens (including phenoxy) is 1. The Morgan fingerprint density at radius 1 is 1.61 bits per heavy atom. The van der Waals surface area contributed by atoms with Gasteiger partial charge in [-0.15, -0.1) is 0 Å². The predicted molar refractivity (Wildman–Crippen MR) is 67.5 cm³/mol. The summed E-state index contributed by atoms with van der Waals surface area (Å²) in [7, 11) is 0. The van der Waals surface area contributed by atoms with Crippen molar-refractivity contribution in [2.24, 2.45) is 0 Å². The predicted octanol–water partition coefficient (Wildman–Crippen LogP) is 0.954. The van der Waals surface area contributed by atoms with Gasteiger partial charge < -0.3 is 15.4 Å². The minimum Gasteiger partial charge on any atom is -0.475 e. The average molecular weight is 250 g/mol. The van der Waals surface area contributed by atoms with E-state index in [1.165, 1.54) is 0 Å². The molecule has 1 aromatic heterocycles. The van der Waals surface area contributed by atoms with Crippen LogP contribution in [-0.2, 0) is 4.79 Å². The molecule has 98 valence electrons. The van der Waals surface area contributed by atoms with Gasteiger partial charge in [-0.1, -0.05) is 0 Å². The quantitative estimate of drug-likeness (QED) is 0.814. The summed E-state index contributed by atoms with van der Waals surface area (Å²) in [5, 5.41) is 5.99. The molecule has 0 bridgehead atoms. The Bertz CT molecular complexity index is 422. The second kappa shape index (κ2) is 5.66. The molecule has 2 N–H and O–H groups in total. The fourth-order valence-electron chi connectivity index (χ4n) is 1.78. The molecular formula is C12H18N4O2. The molecule has 1 unspecified atom stereocenters. The lowest BCUT2D eigenvalue weighted by Crippen LogP contribution is -2.32. The van der Waals surface area contributed by atoms with Gasteiger partial charge >= 0.3 is 0 Å². The highest BCUT2D eigenvalue weighted by atomic mass is 16.5. The Morgan fingerprint density at radius 3 is 3.11 bits per heavy atom. The Hall–Kier alpha value is -1.85. The summed E-state index contributed by atoms with van der Waals surface area (Å²) in [6.45, 7) is 4.53. The smallest absolute Gasteiger partial charge is 0.226 e. The highest BCUT2D eigenvalue weighted by Gasteiger charge is 2.20. The molecule has 2 heterocycles. The van der Waals surface area contributed by atoms with E-state index < -0.39 is 0 Å². The monoisotopic (exact) mass is 250 g/mol. The molecule has 0 radical (unpaired) electrons. The number of nitrogens with zero attached hydrogens (tertiary/aromatic N) is 2. The number of amides is 1. The van der Waals surface area contributed by atoms with Crippen LogP contribution in [0.2, 0.25) is 0 Å². The van der Waals surface area contributed by atoms with Crippen molar-refractivity contribution in [1.29, 1.82) is 0 Å². The highest BCUT2D eigenvalue weighted by molar-refractivity contribution is 5.78. The topological polar surface area (TPSA) is 76.1 Å². The molecule has 6 heteroatoms. The Morgan fingerprint density at radius 2 is 2.44 bits per heavy atom. The van der Waals surface area contributed by atoms with Crippen LogP contribution in [0.1, 0.15) is 26.7 Å². The lowest BCUT2D eigenvalue weighted by atomic mass is 10.2. The van der Waals surface area contributed by atoms with Crippen molar-refractivity contribution in [3.05, 3.63) is 12.3 Å². The van der Waals surface area contributed by atoms with E-state index in [9.17, 15) is 4.79 Å². The van der Waals surface area contributed by atoms with Crippen LogP contribution in [0.25, 0.3) is 0 Å². The normalized spacial score (nSPS) is 18.8. The van der Waals surface area contributed by atoms with Crippen molar-refractivity contribution >= 4 is 11.9 Å². The van der Waals surface area contributed by atoms with Gasteiger partial charge in [-0.25, -0.2) is 4.98 Å². The molecule has 6 nitrogen and oxygen atoms in total. The zero-order chi connectivity index (χ0) is 13.0. The lowest BCUT2D eigenvalue weighted by molar-refractivity contribution is -0.119. The minimum atomic E-state index is 0.0851. The van der Waals surface area contributed by atoms with Crippen LogP contribution in [-0.4, -0.2) is 34.6 Å². The Kier molecular flexibility index (Phi) is 3.96. The first-order valence-electron chi connectivity index (χ1n) is 6.16. The summed E-state index contributed by atoms with van der Waals surface area (Å²) in [6, 6.07) is 1.89. The summed E-state index contributed by atoms with van der Waals surface area (Å²) in [4.78, 5) is 19.4. The molecular weight excluding hydrogens is 232 g/mol. The summed E-state index contributed by atoms with van der Waals surface area (Å²) in [5.41, 5.74) is 0. The number of hydrogen-bond donors (Lipinski definition) is 2. The number of rotatable bonds is 5. The van der Waals surface area contributed by atoms with Gasteiger partial charge in [0.2, 0.25) is 17.7 Å². The van der Waals surface area contributed by atoms with Crippen molar-refractivity contribution in [3.8, 4) is 5.88 Å². The van der Waals surface area contributed by atoms with E-state index in [0.29, 0.717) is 24.8 Å². The van der Waals surface area contributed by atoms with E-state index in [1.807, 2.05) is 13.8 Å². The van der Waals surface area contributed by atoms with E-state index in [-0.39, 0.29) is 18.1 Å². The molecule has 1 aliphatic heterocycles. The molecule has 2 rings (SSSR count). The molecule has 1 aromatic rings. The van der Waals surface area contributed by atoms with Crippen molar-refractivity contribution in [1.82, 2.24) is 15.3 Å². The van der Waals surface area contributed by atoms with Crippen LogP contribution in [0.15, 0.2) is 12.3 Å². The van der Waals surface area contributed by atoms with E-state index in [0.717, 1.165) is 6.42 Å². The van der Waals surface area contributed by atoms with E-state index in [2.05, 4.69) is 20.6 Å². The third-order valence-electron chi connectivity index (χ3n) is 2.58. The molecule has 1 aliphatic rings. The van der Waals surface area contributed by atoms with Gasteiger partial charge in [0, 0.05) is 31.3 Å². The minimum absolute atomic E-state index is 0.0851. The summed E-state index contributed by atoms with van der Waals surface area (Å²) in [5.74, 6) is 1.19. The van der Waals surface area contributed by atoms with Gasteiger partial charge in [0.1, 0.15) is 0 Å². The van der Waals surface area contributed by atoms with E-state index in [1.54, 1.807) is 12.3 Å².